The Morgan fingerprint density at radius 2 is 1.77 bits per heavy atom. The van der Waals surface area contributed by atoms with Crippen LogP contribution >= 0.6 is 31.9 Å². The molecule has 0 fully saturated rings. The van der Waals surface area contributed by atoms with Crippen LogP contribution < -0.4 is 16.6 Å². The number of aromatic nitrogens is 4. The van der Waals surface area contributed by atoms with Gasteiger partial charge in [0.2, 0.25) is 5.91 Å². The first kappa shape index (κ1) is 18.6. The number of nitrogens with one attached hydrogen (secondary N) is 1. The van der Waals surface area contributed by atoms with Gasteiger partial charge in [-0.1, -0.05) is 0 Å². The number of aryl methyl sites for hydroxylation is 2. The van der Waals surface area contributed by atoms with E-state index in [-0.39, 0.29) is 23.6 Å². The molecule has 0 radical (unpaired) electrons. The van der Waals surface area contributed by atoms with E-state index < -0.39 is 11.2 Å². The number of anilines is 1. The SMILES string of the molecule is Cc1cc(Br)c(NC(=O)Cn2cnc3c2c(=O)n(C)c(=O)n3C)c(Br)c1. The lowest BCUT2D eigenvalue weighted by molar-refractivity contribution is -0.116. The fraction of sp³-hybridized carbons (Fsp3) is 0.250. The molecule has 1 N–H and O–H groups in total. The minimum absolute atomic E-state index is 0.114. The summed E-state index contributed by atoms with van der Waals surface area (Å²) >= 11 is 6.86. The van der Waals surface area contributed by atoms with Gasteiger partial charge in [-0.2, -0.15) is 0 Å². The Labute approximate surface area is 164 Å². The Morgan fingerprint density at radius 1 is 1.15 bits per heavy atom. The van der Waals surface area contributed by atoms with Crippen LogP contribution in [0.3, 0.4) is 0 Å². The molecular formula is C16H15Br2N5O3. The zero-order valence-electron chi connectivity index (χ0n) is 14.2. The van der Waals surface area contributed by atoms with Crippen LogP contribution in [-0.2, 0) is 25.4 Å². The lowest BCUT2D eigenvalue weighted by atomic mass is 10.2. The molecule has 1 amide bonds. The fourth-order valence-electron chi connectivity index (χ4n) is 2.67. The number of hydrogen-bond acceptors (Lipinski definition) is 4. The standard InChI is InChI=1S/C16H15Br2N5O3/c1-8-4-9(17)12(10(18)5-8)20-11(24)6-23-7-19-14-13(23)15(25)22(3)16(26)21(14)2/h4-5,7H,6H2,1-3H3,(H,20,24). The van der Waals surface area contributed by atoms with Crippen LogP contribution in [0.25, 0.3) is 11.2 Å². The number of halogens is 2. The zero-order chi connectivity index (χ0) is 19.2. The van der Waals surface area contributed by atoms with E-state index >= 15 is 0 Å². The van der Waals surface area contributed by atoms with Crippen molar-refractivity contribution < 1.29 is 4.79 Å². The third kappa shape index (κ3) is 3.14. The summed E-state index contributed by atoms with van der Waals surface area (Å²) in [4.78, 5) is 41.0. The van der Waals surface area contributed by atoms with Gasteiger partial charge in [-0.3, -0.25) is 18.7 Å². The van der Waals surface area contributed by atoms with Gasteiger partial charge in [0.25, 0.3) is 5.56 Å². The van der Waals surface area contributed by atoms with Crippen LogP contribution in [0.4, 0.5) is 5.69 Å². The summed E-state index contributed by atoms with van der Waals surface area (Å²) in [5.74, 6) is -0.328. The first-order valence-electron chi connectivity index (χ1n) is 7.57. The lowest BCUT2D eigenvalue weighted by Crippen LogP contribution is -2.37. The Kier molecular flexibility index (Phi) is 4.89. The first-order chi connectivity index (χ1) is 12.2. The fourth-order valence-corrected chi connectivity index (χ4v) is 4.28. The van der Waals surface area contributed by atoms with Crippen molar-refractivity contribution in [2.45, 2.75) is 13.5 Å². The van der Waals surface area contributed by atoms with Gasteiger partial charge in [-0.25, -0.2) is 9.78 Å². The summed E-state index contributed by atoms with van der Waals surface area (Å²) < 4.78 is 5.18. The summed E-state index contributed by atoms with van der Waals surface area (Å²) in [5.41, 5.74) is 1.11. The predicted molar refractivity (Wildman–Crippen MR) is 105 cm³/mol. The molecule has 0 aliphatic heterocycles. The average Bonchev–Trinajstić information content (AvgIpc) is 2.98. The molecule has 2 aromatic heterocycles. The number of benzene rings is 1. The van der Waals surface area contributed by atoms with Crippen LogP contribution in [-0.4, -0.2) is 24.6 Å². The summed E-state index contributed by atoms with van der Waals surface area (Å²) in [6.07, 6.45) is 1.38. The molecule has 0 aliphatic carbocycles. The molecule has 1 aromatic carbocycles. The maximum atomic E-state index is 12.5. The van der Waals surface area contributed by atoms with Crippen molar-refractivity contribution in [3.8, 4) is 0 Å². The summed E-state index contributed by atoms with van der Waals surface area (Å²) in [6, 6.07) is 3.77. The minimum atomic E-state index is -0.494. The topological polar surface area (TPSA) is 90.9 Å². The highest BCUT2D eigenvalue weighted by molar-refractivity contribution is 9.11. The Morgan fingerprint density at radius 3 is 2.38 bits per heavy atom. The molecule has 26 heavy (non-hydrogen) atoms. The van der Waals surface area contributed by atoms with Gasteiger partial charge < -0.3 is 9.88 Å². The van der Waals surface area contributed by atoms with Gasteiger partial charge in [-0.05, 0) is 56.5 Å². The second-order valence-corrected chi connectivity index (χ2v) is 7.61. The molecule has 136 valence electrons. The van der Waals surface area contributed by atoms with Crippen molar-refractivity contribution in [1.29, 1.82) is 0 Å². The highest BCUT2D eigenvalue weighted by Crippen LogP contribution is 2.32. The summed E-state index contributed by atoms with van der Waals surface area (Å²) in [5, 5.41) is 2.81. The maximum Gasteiger partial charge on any atom is 0.332 e. The number of imidazole rings is 1. The molecule has 0 saturated carbocycles. The second-order valence-electron chi connectivity index (χ2n) is 5.90. The van der Waals surface area contributed by atoms with E-state index in [1.54, 1.807) is 0 Å². The Balaban J connectivity index is 1.97. The smallest absolute Gasteiger partial charge is 0.323 e. The molecule has 0 atom stereocenters. The van der Waals surface area contributed by atoms with Gasteiger partial charge in [0.05, 0.1) is 12.0 Å². The molecule has 0 unspecified atom stereocenters. The van der Waals surface area contributed by atoms with E-state index in [0.717, 1.165) is 19.1 Å². The first-order valence-corrected chi connectivity index (χ1v) is 9.15. The molecule has 0 saturated heterocycles. The van der Waals surface area contributed by atoms with Gasteiger partial charge in [0.15, 0.2) is 11.2 Å². The zero-order valence-corrected chi connectivity index (χ0v) is 17.4. The van der Waals surface area contributed by atoms with Crippen molar-refractivity contribution in [2.24, 2.45) is 14.1 Å². The van der Waals surface area contributed by atoms with E-state index in [1.165, 1.54) is 29.6 Å². The molecule has 0 bridgehead atoms. The van der Waals surface area contributed by atoms with Gasteiger partial charge >= 0.3 is 5.69 Å². The molecule has 2 heterocycles. The largest absolute Gasteiger partial charge is 0.332 e. The molecule has 3 rings (SSSR count). The number of carbonyl (C=O) groups excluding carboxylic acids is 1. The third-order valence-electron chi connectivity index (χ3n) is 3.98. The normalized spacial score (nSPS) is 11.1. The Hall–Kier alpha value is -2.20. The van der Waals surface area contributed by atoms with E-state index in [2.05, 4.69) is 42.2 Å². The van der Waals surface area contributed by atoms with E-state index in [4.69, 9.17) is 0 Å². The van der Waals surface area contributed by atoms with Crippen LogP contribution in [0.15, 0.2) is 37.0 Å². The monoisotopic (exact) mass is 483 g/mol. The van der Waals surface area contributed by atoms with Gasteiger partial charge in [0.1, 0.15) is 6.54 Å². The van der Waals surface area contributed by atoms with Crippen LogP contribution in [0.2, 0.25) is 0 Å². The van der Waals surface area contributed by atoms with Crippen LogP contribution in [0, 0.1) is 6.92 Å². The highest BCUT2D eigenvalue weighted by Gasteiger charge is 2.17. The Bertz CT molecular complexity index is 1140. The summed E-state index contributed by atoms with van der Waals surface area (Å²) in [6.45, 7) is 1.83. The van der Waals surface area contributed by atoms with Gasteiger partial charge in [0, 0.05) is 23.0 Å². The van der Waals surface area contributed by atoms with Crippen molar-refractivity contribution in [2.75, 3.05) is 5.32 Å². The highest BCUT2D eigenvalue weighted by atomic mass is 79.9. The molecule has 0 aliphatic rings. The minimum Gasteiger partial charge on any atom is -0.323 e. The van der Waals surface area contributed by atoms with Crippen molar-refractivity contribution in [3.63, 3.8) is 0 Å². The molecule has 10 heteroatoms. The summed E-state index contributed by atoms with van der Waals surface area (Å²) in [7, 11) is 2.92. The van der Waals surface area contributed by atoms with Crippen molar-refractivity contribution in [1.82, 2.24) is 18.7 Å². The maximum absolute atomic E-state index is 12.5. The van der Waals surface area contributed by atoms with E-state index in [0.29, 0.717) is 5.69 Å². The van der Waals surface area contributed by atoms with Crippen LogP contribution in [0.5, 0.6) is 0 Å². The number of rotatable bonds is 3. The average molecular weight is 485 g/mol. The lowest BCUT2D eigenvalue weighted by Gasteiger charge is -2.11. The van der Waals surface area contributed by atoms with E-state index in [1.807, 2.05) is 19.1 Å². The number of amides is 1. The molecular weight excluding hydrogens is 470 g/mol. The van der Waals surface area contributed by atoms with Crippen molar-refractivity contribution in [3.05, 3.63) is 53.8 Å². The number of nitrogens with zero attached hydrogens (tertiary/aromatic N) is 4. The quantitative estimate of drug-likeness (QED) is 0.614. The number of hydrogen-bond donors (Lipinski definition) is 1. The second kappa shape index (κ2) is 6.84. The van der Waals surface area contributed by atoms with Crippen LogP contribution in [0.1, 0.15) is 5.56 Å². The van der Waals surface area contributed by atoms with Gasteiger partial charge in [-0.15, -0.1) is 0 Å². The number of carbonyl (C=O) groups is 1. The third-order valence-corrected chi connectivity index (χ3v) is 5.23. The molecule has 0 spiro atoms. The number of fused-ring (bicyclic) bond motifs is 1. The molecule has 8 nitrogen and oxygen atoms in total. The van der Waals surface area contributed by atoms with Crippen molar-refractivity contribution >= 4 is 54.6 Å². The molecule has 3 aromatic rings. The predicted octanol–water partition coefficient (Wildman–Crippen LogP) is 1.91. The van der Waals surface area contributed by atoms with E-state index in [9.17, 15) is 14.4 Å².